The second-order valence-electron chi connectivity index (χ2n) is 6.39. The van der Waals surface area contributed by atoms with Crippen LogP contribution in [0.1, 0.15) is 45.7 Å². The number of carbonyl (C=O) groups is 1. The minimum Gasteiger partial charge on any atom is -0.478 e. The zero-order valence-electron chi connectivity index (χ0n) is 13.9. The molecule has 120 valence electrons. The fourth-order valence-corrected chi connectivity index (χ4v) is 2.62. The highest BCUT2D eigenvalue weighted by Gasteiger charge is 2.33. The lowest BCUT2D eigenvalue weighted by atomic mass is 9.95. The van der Waals surface area contributed by atoms with Crippen molar-refractivity contribution in [2.45, 2.75) is 46.3 Å². The summed E-state index contributed by atoms with van der Waals surface area (Å²) in [7, 11) is 0. The lowest BCUT2D eigenvalue weighted by molar-refractivity contribution is -0.126. The highest BCUT2D eigenvalue weighted by Crippen LogP contribution is 2.37. The van der Waals surface area contributed by atoms with Gasteiger partial charge in [-0.3, -0.25) is 4.79 Å². The summed E-state index contributed by atoms with van der Waals surface area (Å²) in [6.45, 7) is 12.5. The Hall–Kier alpha value is -1.81. The maximum Gasteiger partial charge on any atom is 0.268 e. The molecule has 4 heteroatoms. The maximum atomic E-state index is 12.6. The molecular weight excluding hydrogens is 276 g/mol. The lowest BCUT2D eigenvalue weighted by Crippen LogP contribution is -2.46. The standard InChI is InChI=1S/C18H26N2O2/c1-6-15-18(21)20(10-11(2)3)14-9-13(17(19)12(4)5)7-8-16(14)22-15/h7-9,12,15,17H,2,6,10,19H2,1,3-5H3. The number of amides is 1. The minimum atomic E-state index is -0.420. The first-order valence-corrected chi connectivity index (χ1v) is 7.87. The summed E-state index contributed by atoms with van der Waals surface area (Å²) in [6.07, 6.45) is 0.231. The van der Waals surface area contributed by atoms with Crippen molar-refractivity contribution in [1.29, 1.82) is 0 Å². The van der Waals surface area contributed by atoms with Gasteiger partial charge in [0.1, 0.15) is 5.75 Å². The van der Waals surface area contributed by atoms with Crippen molar-refractivity contribution >= 4 is 11.6 Å². The Labute approximate surface area is 132 Å². The predicted molar refractivity (Wildman–Crippen MR) is 90.1 cm³/mol. The Bertz CT molecular complexity index is 580. The first-order valence-electron chi connectivity index (χ1n) is 7.87. The number of benzene rings is 1. The number of nitrogens with two attached hydrogens (primary N) is 1. The summed E-state index contributed by atoms with van der Waals surface area (Å²) in [5.41, 5.74) is 9.00. The molecule has 4 nitrogen and oxygen atoms in total. The van der Waals surface area contributed by atoms with Crippen LogP contribution < -0.4 is 15.4 Å². The molecule has 0 saturated heterocycles. The molecule has 1 aromatic rings. The Morgan fingerprint density at radius 3 is 2.68 bits per heavy atom. The fraction of sp³-hybridized carbons (Fsp3) is 0.500. The number of anilines is 1. The summed E-state index contributed by atoms with van der Waals surface area (Å²) in [5, 5.41) is 0. The number of ether oxygens (including phenoxy) is 1. The molecule has 0 radical (unpaired) electrons. The van der Waals surface area contributed by atoms with E-state index in [-0.39, 0.29) is 11.9 Å². The quantitative estimate of drug-likeness (QED) is 0.848. The summed E-state index contributed by atoms with van der Waals surface area (Å²) in [4.78, 5) is 14.4. The van der Waals surface area contributed by atoms with E-state index >= 15 is 0 Å². The topological polar surface area (TPSA) is 55.6 Å². The van der Waals surface area contributed by atoms with Gasteiger partial charge in [-0.05, 0) is 37.0 Å². The largest absolute Gasteiger partial charge is 0.478 e. The highest BCUT2D eigenvalue weighted by atomic mass is 16.5. The summed E-state index contributed by atoms with van der Waals surface area (Å²) >= 11 is 0. The van der Waals surface area contributed by atoms with Gasteiger partial charge in [0.15, 0.2) is 6.10 Å². The van der Waals surface area contributed by atoms with Crippen LogP contribution in [0.5, 0.6) is 5.75 Å². The highest BCUT2D eigenvalue weighted by molar-refractivity contribution is 6.00. The Kier molecular flexibility index (Phi) is 4.91. The minimum absolute atomic E-state index is 0.00623. The number of nitrogens with zero attached hydrogens (tertiary/aromatic N) is 1. The molecule has 0 saturated carbocycles. The van der Waals surface area contributed by atoms with Gasteiger partial charge < -0.3 is 15.4 Å². The third kappa shape index (κ3) is 3.17. The number of rotatable bonds is 5. The SMILES string of the molecule is C=C(C)CN1C(=O)C(CC)Oc2ccc(C(N)C(C)C)cc21. The lowest BCUT2D eigenvalue weighted by Gasteiger charge is -2.35. The van der Waals surface area contributed by atoms with E-state index in [0.717, 1.165) is 22.6 Å². The van der Waals surface area contributed by atoms with Crippen molar-refractivity contribution in [2.24, 2.45) is 11.7 Å². The molecule has 2 atom stereocenters. The van der Waals surface area contributed by atoms with E-state index in [2.05, 4.69) is 20.4 Å². The van der Waals surface area contributed by atoms with Crippen LogP contribution in [0.3, 0.4) is 0 Å². The van der Waals surface area contributed by atoms with Crippen LogP contribution in [0, 0.1) is 5.92 Å². The Balaban J connectivity index is 2.46. The van der Waals surface area contributed by atoms with Gasteiger partial charge in [-0.1, -0.05) is 39.0 Å². The van der Waals surface area contributed by atoms with E-state index in [0.29, 0.717) is 18.9 Å². The molecule has 2 N–H and O–H groups in total. The molecule has 2 unspecified atom stereocenters. The molecule has 0 aliphatic carbocycles. The zero-order chi connectivity index (χ0) is 16.4. The van der Waals surface area contributed by atoms with Crippen molar-refractivity contribution in [3.8, 4) is 5.75 Å². The van der Waals surface area contributed by atoms with Crippen molar-refractivity contribution in [3.05, 3.63) is 35.9 Å². The molecule has 1 heterocycles. The van der Waals surface area contributed by atoms with Crippen LogP contribution in [0.2, 0.25) is 0 Å². The molecule has 22 heavy (non-hydrogen) atoms. The molecule has 0 spiro atoms. The van der Waals surface area contributed by atoms with E-state index in [1.807, 2.05) is 32.0 Å². The van der Waals surface area contributed by atoms with Gasteiger partial charge in [0, 0.05) is 12.6 Å². The van der Waals surface area contributed by atoms with Gasteiger partial charge in [-0.2, -0.15) is 0 Å². The van der Waals surface area contributed by atoms with Crippen molar-refractivity contribution in [2.75, 3.05) is 11.4 Å². The van der Waals surface area contributed by atoms with Gasteiger partial charge in [-0.15, -0.1) is 0 Å². The van der Waals surface area contributed by atoms with Crippen molar-refractivity contribution in [1.82, 2.24) is 0 Å². The van der Waals surface area contributed by atoms with Gasteiger partial charge in [0.05, 0.1) is 5.69 Å². The molecule has 2 rings (SSSR count). The second kappa shape index (κ2) is 6.53. The van der Waals surface area contributed by atoms with Gasteiger partial charge in [0.25, 0.3) is 5.91 Å². The molecular formula is C18H26N2O2. The summed E-state index contributed by atoms with van der Waals surface area (Å²) in [5.74, 6) is 1.07. The summed E-state index contributed by atoms with van der Waals surface area (Å²) in [6, 6.07) is 5.83. The average Bonchev–Trinajstić information content (AvgIpc) is 2.48. The van der Waals surface area contributed by atoms with E-state index in [1.165, 1.54) is 0 Å². The fourth-order valence-electron chi connectivity index (χ4n) is 2.62. The average molecular weight is 302 g/mol. The molecule has 0 fully saturated rings. The smallest absolute Gasteiger partial charge is 0.268 e. The van der Waals surface area contributed by atoms with Gasteiger partial charge in [0.2, 0.25) is 0 Å². The first-order chi connectivity index (χ1) is 10.3. The number of carbonyl (C=O) groups excluding carboxylic acids is 1. The maximum absolute atomic E-state index is 12.6. The Morgan fingerprint density at radius 1 is 1.45 bits per heavy atom. The van der Waals surface area contributed by atoms with Crippen LogP contribution in [0.25, 0.3) is 0 Å². The molecule has 1 aliphatic rings. The molecule has 0 aromatic heterocycles. The number of hydrogen-bond acceptors (Lipinski definition) is 3. The first kappa shape index (κ1) is 16.6. The molecule has 0 bridgehead atoms. The van der Waals surface area contributed by atoms with E-state index in [4.69, 9.17) is 10.5 Å². The Morgan fingerprint density at radius 2 is 2.14 bits per heavy atom. The van der Waals surface area contributed by atoms with E-state index in [1.54, 1.807) is 4.90 Å². The van der Waals surface area contributed by atoms with Gasteiger partial charge >= 0.3 is 0 Å². The van der Waals surface area contributed by atoms with Crippen LogP contribution in [0.15, 0.2) is 30.4 Å². The second-order valence-corrected chi connectivity index (χ2v) is 6.39. The zero-order valence-corrected chi connectivity index (χ0v) is 13.9. The van der Waals surface area contributed by atoms with E-state index in [9.17, 15) is 4.79 Å². The third-order valence-electron chi connectivity index (χ3n) is 3.99. The van der Waals surface area contributed by atoms with Crippen molar-refractivity contribution in [3.63, 3.8) is 0 Å². The number of fused-ring (bicyclic) bond motifs is 1. The van der Waals surface area contributed by atoms with Crippen LogP contribution in [0.4, 0.5) is 5.69 Å². The van der Waals surface area contributed by atoms with Crippen LogP contribution in [-0.4, -0.2) is 18.6 Å². The third-order valence-corrected chi connectivity index (χ3v) is 3.99. The van der Waals surface area contributed by atoms with Crippen molar-refractivity contribution < 1.29 is 9.53 Å². The predicted octanol–water partition coefficient (Wildman–Crippen LogP) is 3.42. The molecule has 1 aromatic carbocycles. The molecule has 1 aliphatic heterocycles. The summed E-state index contributed by atoms with van der Waals surface area (Å²) < 4.78 is 5.84. The van der Waals surface area contributed by atoms with Gasteiger partial charge in [-0.25, -0.2) is 0 Å². The monoisotopic (exact) mass is 302 g/mol. The van der Waals surface area contributed by atoms with E-state index < -0.39 is 6.10 Å². The molecule has 1 amide bonds. The van der Waals surface area contributed by atoms with Crippen LogP contribution in [-0.2, 0) is 4.79 Å². The normalized spacial score (nSPS) is 18.9. The number of hydrogen-bond donors (Lipinski definition) is 1. The van der Waals surface area contributed by atoms with Crippen LogP contribution >= 0.6 is 0 Å².